The van der Waals surface area contributed by atoms with E-state index in [4.69, 9.17) is 4.66 Å². The molecule has 2 rings (SSSR count). The van der Waals surface area contributed by atoms with Gasteiger partial charge in [-0.05, 0) is 93.5 Å². The zero-order valence-electron chi connectivity index (χ0n) is 19.1. The highest BCUT2D eigenvalue weighted by molar-refractivity contribution is 6.78. The maximum Gasteiger partial charge on any atom is 0.196 e. The van der Waals surface area contributed by atoms with Crippen molar-refractivity contribution < 1.29 is 0 Å². The maximum absolute atomic E-state index is 5.56. The molecule has 26 heavy (non-hydrogen) atoms. The van der Waals surface area contributed by atoms with Gasteiger partial charge >= 0.3 is 0 Å². The fourth-order valence-electron chi connectivity index (χ4n) is 4.84. The van der Waals surface area contributed by atoms with Gasteiger partial charge in [0.05, 0.1) is 0 Å². The summed E-state index contributed by atoms with van der Waals surface area (Å²) in [6.45, 7) is 27.6. The molecule has 1 aromatic heterocycles. The third-order valence-corrected chi connectivity index (χ3v) is 9.47. The predicted octanol–water partition coefficient (Wildman–Crippen LogP) is 6.23. The van der Waals surface area contributed by atoms with Crippen molar-refractivity contribution in [3.8, 4) is 0 Å². The Morgan fingerprint density at radius 3 is 1.38 bits per heavy atom. The Morgan fingerprint density at radius 1 is 0.731 bits per heavy atom. The SMILES string of the molecule is CC1=C(C)C([Si](C)(C)N=c2n(C(C)C)c(C)c(C)n2C(C)C)C(C)=C1C. The van der Waals surface area contributed by atoms with Crippen LogP contribution in [0.5, 0.6) is 0 Å². The van der Waals surface area contributed by atoms with Crippen molar-refractivity contribution >= 4 is 8.24 Å². The number of imidazole rings is 1. The van der Waals surface area contributed by atoms with Crippen molar-refractivity contribution in [1.29, 1.82) is 0 Å². The van der Waals surface area contributed by atoms with Crippen molar-refractivity contribution in [2.75, 3.05) is 0 Å². The van der Waals surface area contributed by atoms with E-state index < -0.39 is 8.24 Å². The molecule has 146 valence electrons. The lowest BCUT2D eigenvalue weighted by Gasteiger charge is -2.29. The normalized spacial score (nSPS) is 16.7. The molecule has 4 heteroatoms. The first kappa shape index (κ1) is 21.0. The minimum atomic E-state index is -1.92. The molecule has 0 saturated carbocycles. The molecule has 0 spiro atoms. The lowest BCUT2D eigenvalue weighted by atomic mass is 10.1. The van der Waals surface area contributed by atoms with E-state index in [1.54, 1.807) is 0 Å². The van der Waals surface area contributed by atoms with Crippen molar-refractivity contribution in [3.63, 3.8) is 0 Å². The van der Waals surface area contributed by atoms with Gasteiger partial charge in [-0.15, -0.1) is 0 Å². The van der Waals surface area contributed by atoms with E-state index in [0.717, 1.165) is 0 Å². The van der Waals surface area contributed by atoms with Gasteiger partial charge in [-0.2, -0.15) is 0 Å². The second-order valence-corrected chi connectivity index (χ2v) is 13.3. The van der Waals surface area contributed by atoms with Crippen LogP contribution in [0.2, 0.25) is 18.6 Å². The van der Waals surface area contributed by atoms with Crippen molar-refractivity contribution in [2.24, 2.45) is 4.66 Å². The van der Waals surface area contributed by atoms with E-state index in [0.29, 0.717) is 17.6 Å². The summed E-state index contributed by atoms with van der Waals surface area (Å²) in [5.74, 6) is 0. The molecule has 1 heterocycles. The van der Waals surface area contributed by atoms with Gasteiger partial charge in [0, 0.05) is 29.0 Å². The molecule has 0 unspecified atom stereocenters. The Kier molecular flexibility index (Phi) is 5.68. The molecular weight excluding hydrogens is 334 g/mol. The predicted molar refractivity (Wildman–Crippen MR) is 116 cm³/mol. The number of aromatic nitrogens is 2. The third-order valence-electron chi connectivity index (χ3n) is 6.42. The number of rotatable bonds is 4. The van der Waals surface area contributed by atoms with Gasteiger partial charge in [-0.3, -0.25) is 4.66 Å². The summed E-state index contributed by atoms with van der Waals surface area (Å²) in [4.78, 5) is 0. The molecule has 1 aliphatic rings. The smallest absolute Gasteiger partial charge is 0.196 e. The van der Waals surface area contributed by atoms with Crippen LogP contribution < -0.4 is 5.62 Å². The van der Waals surface area contributed by atoms with Gasteiger partial charge in [0.1, 0.15) is 0 Å². The molecule has 0 aliphatic heterocycles. The monoisotopic (exact) mass is 373 g/mol. The Morgan fingerprint density at radius 2 is 1.08 bits per heavy atom. The van der Waals surface area contributed by atoms with Crippen LogP contribution in [0.4, 0.5) is 0 Å². The van der Waals surface area contributed by atoms with Crippen LogP contribution in [0.1, 0.15) is 78.9 Å². The van der Waals surface area contributed by atoms with E-state index in [9.17, 15) is 0 Å². The molecule has 1 aliphatic carbocycles. The number of allylic oxidation sites excluding steroid dienone is 4. The van der Waals surface area contributed by atoms with Gasteiger partial charge < -0.3 is 9.13 Å². The molecule has 0 saturated heterocycles. The van der Waals surface area contributed by atoms with Crippen molar-refractivity contribution in [3.05, 3.63) is 39.3 Å². The molecule has 0 fully saturated rings. The van der Waals surface area contributed by atoms with Crippen LogP contribution in [0.15, 0.2) is 27.0 Å². The fraction of sp³-hybridized carbons (Fsp3) is 0.682. The molecule has 1 aromatic rings. The molecule has 0 atom stereocenters. The second-order valence-electron chi connectivity index (χ2n) is 9.21. The second kappa shape index (κ2) is 7.03. The minimum Gasteiger partial charge on any atom is -0.313 e. The average molecular weight is 374 g/mol. The van der Waals surface area contributed by atoms with E-state index in [1.807, 2.05) is 0 Å². The zero-order valence-corrected chi connectivity index (χ0v) is 20.1. The summed E-state index contributed by atoms with van der Waals surface area (Å²) in [5, 5.41) is 0. The molecule has 0 radical (unpaired) electrons. The van der Waals surface area contributed by atoms with Crippen LogP contribution in [0, 0.1) is 13.8 Å². The highest BCUT2D eigenvalue weighted by Crippen LogP contribution is 2.46. The summed E-state index contributed by atoms with van der Waals surface area (Å²) in [6, 6.07) is 0.829. The molecule has 0 amide bonds. The Labute approximate surface area is 161 Å². The first-order valence-electron chi connectivity index (χ1n) is 10.0. The number of nitrogens with zero attached hydrogens (tertiary/aromatic N) is 3. The summed E-state index contributed by atoms with van der Waals surface area (Å²) in [7, 11) is -1.92. The highest BCUT2D eigenvalue weighted by atomic mass is 28.3. The van der Waals surface area contributed by atoms with Crippen molar-refractivity contribution in [2.45, 2.75) is 100.0 Å². The van der Waals surface area contributed by atoms with E-state index >= 15 is 0 Å². The third kappa shape index (κ3) is 3.21. The largest absolute Gasteiger partial charge is 0.313 e. The molecule has 0 aromatic carbocycles. The summed E-state index contributed by atoms with van der Waals surface area (Å²) >= 11 is 0. The zero-order chi connectivity index (χ0) is 20.1. The maximum atomic E-state index is 5.56. The van der Waals surface area contributed by atoms with E-state index in [-0.39, 0.29) is 0 Å². The minimum absolute atomic E-state index is 0.414. The van der Waals surface area contributed by atoms with Crippen LogP contribution in [0.25, 0.3) is 0 Å². The molecule has 3 nitrogen and oxygen atoms in total. The van der Waals surface area contributed by atoms with Crippen LogP contribution in [-0.2, 0) is 0 Å². The number of hydrogen-bond donors (Lipinski definition) is 0. The summed E-state index contributed by atoms with van der Waals surface area (Å²) in [6.07, 6.45) is 0. The van der Waals surface area contributed by atoms with Crippen LogP contribution >= 0.6 is 0 Å². The fourth-order valence-corrected chi connectivity index (χ4v) is 8.25. The summed E-state index contributed by atoms with van der Waals surface area (Å²) < 4.78 is 10.4. The van der Waals surface area contributed by atoms with Crippen LogP contribution in [-0.4, -0.2) is 17.4 Å². The molecule has 0 N–H and O–H groups in total. The van der Waals surface area contributed by atoms with Gasteiger partial charge in [-0.1, -0.05) is 11.1 Å². The Bertz CT molecular complexity index is 783. The summed E-state index contributed by atoms with van der Waals surface area (Å²) in [5.41, 5.74) is 10.4. The van der Waals surface area contributed by atoms with E-state index in [1.165, 1.54) is 39.3 Å². The first-order chi connectivity index (χ1) is 11.8. The standard InChI is InChI=1S/C22H39N3Si/c1-13(2)24-19(9)20(10)25(14(3)4)22(24)23-26(11,12)21-17(7)15(5)16(6)18(21)8/h13-14,21H,1-12H3. The Hall–Kier alpha value is -1.29. The van der Waals surface area contributed by atoms with Gasteiger partial charge in [0.15, 0.2) is 13.9 Å². The quantitative estimate of drug-likeness (QED) is 0.558. The van der Waals surface area contributed by atoms with Gasteiger partial charge in [0.25, 0.3) is 0 Å². The first-order valence-corrected chi connectivity index (χ1v) is 13.1. The number of hydrogen-bond acceptors (Lipinski definition) is 1. The molecular formula is C22H39N3Si. The average Bonchev–Trinajstić information content (AvgIpc) is 2.85. The topological polar surface area (TPSA) is 22.2 Å². The van der Waals surface area contributed by atoms with E-state index in [2.05, 4.69) is 91.5 Å². The molecule has 0 bridgehead atoms. The van der Waals surface area contributed by atoms with Gasteiger partial charge in [-0.25, -0.2) is 0 Å². The van der Waals surface area contributed by atoms with Crippen LogP contribution in [0.3, 0.4) is 0 Å². The highest BCUT2D eigenvalue weighted by Gasteiger charge is 2.39. The Balaban J connectivity index is 2.79. The van der Waals surface area contributed by atoms with Gasteiger partial charge in [0.2, 0.25) is 0 Å². The lowest BCUT2D eigenvalue weighted by Crippen LogP contribution is -2.39. The van der Waals surface area contributed by atoms with Crippen molar-refractivity contribution in [1.82, 2.24) is 9.13 Å². The lowest BCUT2D eigenvalue weighted by molar-refractivity contribution is 0.504.